The van der Waals surface area contributed by atoms with Crippen molar-refractivity contribution in [3.05, 3.63) is 126 Å². The molecule has 0 aliphatic carbocycles. The van der Waals surface area contributed by atoms with Gasteiger partial charge < -0.3 is 14.5 Å². The number of rotatable bonds is 10. The molecular formula is C32H27FN6O4S. The highest BCUT2D eigenvalue weighted by molar-refractivity contribution is 7.99. The number of methoxy groups -OCH3 is 1. The molecule has 0 radical (unpaired) electrons. The fourth-order valence-electron chi connectivity index (χ4n) is 4.83. The largest absolute Gasteiger partial charge is 0.497 e. The van der Waals surface area contributed by atoms with Crippen LogP contribution in [0.4, 0.5) is 4.39 Å². The molecule has 222 valence electrons. The maximum Gasteiger partial charge on any atom is 0.287 e. The van der Waals surface area contributed by atoms with Crippen LogP contribution >= 0.6 is 11.8 Å². The zero-order valence-electron chi connectivity index (χ0n) is 23.6. The zero-order chi connectivity index (χ0) is 30.5. The minimum absolute atomic E-state index is 0.0147. The first kappa shape index (κ1) is 28.9. The van der Waals surface area contributed by atoms with E-state index in [4.69, 9.17) is 14.3 Å². The van der Waals surface area contributed by atoms with Crippen LogP contribution in [-0.2, 0) is 11.3 Å². The molecule has 2 aromatic heterocycles. The van der Waals surface area contributed by atoms with Gasteiger partial charge >= 0.3 is 0 Å². The van der Waals surface area contributed by atoms with Crippen LogP contribution < -0.4 is 10.1 Å². The molecule has 6 rings (SSSR count). The summed E-state index contributed by atoms with van der Waals surface area (Å²) in [5, 5.41) is 18.1. The van der Waals surface area contributed by atoms with E-state index in [9.17, 15) is 14.0 Å². The zero-order valence-corrected chi connectivity index (χ0v) is 24.4. The molecular weight excluding hydrogens is 583 g/mol. The van der Waals surface area contributed by atoms with Gasteiger partial charge in [-0.3, -0.25) is 14.2 Å². The lowest BCUT2D eigenvalue weighted by atomic mass is 9.98. The predicted octanol–water partition coefficient (Wildman–Crippen LogP) is 5.41. The number of carbonyl (C=O) groups excluding carboxylic acids is 2. The number of amides is 2. The average molecular weight is 611 g/mol. The minimum atomic E-state index is -0.403. The lowest BCUT2D eigenvalue weighted by molar-refractivity contribution is -0.130. The summed E-state index contributed by atoms with van der Waals surface area (Å²) < 4.78 is 26.0. The van der Waals surface area contributed by atoms with Crippen molar-refractivity contribution in [2.24, 2.45) is 5.10 Å². The molecule has 0 fully saturated rings. The third-order valence-electron chi connectivity index (χ3n) is 7.04. The van der Waals surface area contributed by atoms with Crippen molar-refractivity contribution in [1.82, 2.24) is 25.1 Å². The Labute approximate surface area is 256 Å². The Hall–Kier alpha value is -5.23. The van der Waals surface area contributed by atoms with Crippen LogP contribution in [0.3, 0.4) is 0 Å². The van der Waals surface area contributed by atoms with Crippen molar-refractivity contribution in [3.8, 4) is 11.4 Å². The van der Waals surface area contributed by atoms with E-state index in [1.807, 2.05) is 54.6 Å². The van der Waals surface area contributed by atoms with Gasteiger partial charge in [0.25, 0.3) is 11.8 Å². The van der Waals surface area contributed by atoms with Crippen molar-refractivity contribution < 1.29 is 23.1 Å². The molecule has 12 heteroatoms. The fraction of sp³-hybridized carbons (Fsp3) is 0.156. The summed E-state index contributed by atoms with van der Waals surface area (Å²) in [7, 11) is 1.60. The highest BCUT2D eigenvalue weighted by Gasteiger charge is 2.33. The van der Waals surface area contributed by atoms with E-state index in [-0.39, 0.29) is 35.7 Å². The molecule has 44 heavy (non-hydrogen) atoms. The van der Waals surface area contributed by atoms with Crippen molar-refractivity contribution >= 4 is 29.3 Å². The highest BCUT2D eigenvalue weighted by atomic mass is 32.2. The van der Waals surface area contributed by atoms with Crippen LogP contribution in [0.15, 0.2) is 112 Å². The molecule has 3 heterocycles. The third-order valence-corrected chi connectivity index (χ3v) is 7.95. The molecule has 1 N–H and O–H groups in total. The van der Waals surface area contributed by atoms with Gasteiger partial charge in [-0.2, -0.15) is 5.10 Å². The van der Waals surface area contributed by atoms with Gasteiger partial charge in [0.1, 0.15) is 11.6 Å². The lowest BCUT2D eigenvalue weighted by Crippen LogP contribution is -2.28. The van der Waals surface area contributed by atoms with Crippen molar-refractivity contribution in [1.29, 1.82) is 0 Å². The summed E-state index contributed by atoms with van der Waals surface area (Å²) in [6.07, 6.45) is 1.90. The molecule has 0 saturated heterocycles. The first-order valence-electron chi connectivity index (χ1n) is 13.7. The number of furan rings is 1. The smallest absolute Gasteiger partial charge is 0.287 e. The van der Waals surface area contributed by atoms with Crippen molar-refractivity contribution in [2.75, 3.05) is 12.9 Å². The molecule has 3 aromatic carbocycles. The van der Waals surface area contributed by atoms with Gasteiger partial charge in [-0.05, 0) is 71.8 Å². The van der Waals surface area contributed by atoms with E-state index >= 15 is 0 Å². The summed E-state index contributed by atoms with van der Waals surface area (Å²) >= 11 is 1.21. The number of hydrazone groups is 1. The number of hydrogen-bond donors (Lipinski definition) is 1. The number of nitrogens with zero attached hydrogens (tertiary/aromatic N) is 5. The molecule has 1 atom stereocenters. The van der Waals surface area contributed by atoms with Gasteiger partial charge in [-0.25, -0.2) is 9.40 Å². The van der Waals surface area contributed by atoms with Crippen LogP contribution in [0.1, 0.15) is 40.0 Å². The number of carbonyl (C=O) groups is 2. The molecule has 0 bridgehead atoms. The van der Waals surface area contributed by atoms with Gasteiger partial charge in [-0.15, -0.1) is 10.2 Å². The fourth-order valence-corrected chi connectivity index (χ4v) is 5.66. The lowest BCUT2D eigenvalue weighted by Gasteiger charge is -2.22. The number of hydrogen-bond acceptors (Lipinski definition) is 8. The van der Waals surface area contributed by atoms with Crippen LogP contribution in [0.25, 0.3) is 5.69 Å². The second-order valence-corrected chi connectivity index (χ2v) is 10.7. The number of benzene rings is 3. The van der Waals surface area contributed by atoms with Crippen LogP contribution in [0.5, 0.6) is 5.75 Å². The van der Waals surface area contributed by atoms with Gasteiger partial charge in [-0.1, -0.05) is 42.1 Å². The topological polar surface area (TPSA) is 115 Å². The molecule has 1 unspecified atom stereocenters. The Morgan fingerprint density at radius 1 is 1.00 bits per heavy atom. The summed E-state index contributed by atoms with van der Waals surface area (Å²) in [6.45, 7) is 0.0875. The maximum absolute atomic E-state index is 13.7. The first-order chi connectivity index (χ1) is 21.5. The Balaban J connectivity index is 1.23. The van der Waals surface area contributed by atoms with Gasteiger partial charge in [0, 0.05) is 12.1 Å². The van der Waals surface area contributed by atoms with Crippen LogP contribution in [0.2, 0.25) is 0 Å². The minimum Gasteiger partial charge on any atom is -0.497 e. The number of thioether (sulfide) groups is 1. The normalized spacial score (nSPS) is 14.4. The molecule has 1 aliphatic rings. The maximum atomic E-state index is 13.7. The second kappa shape index (κ2) is 13.0. The van der Waals surface area contributed by atoms with Crippen molar-refractivity contribution in [2.45, 2.75) is 24.2 Å². The molecule has 0 saturated carbocycles. The van der Waals surface area contributed by atoms with Gasteiger partial charge in [0.15, 0.2) is 16.7 Å². The summed E-state index contributed by atoms with van der Waals surface area (Å²) in [4.78, 5) is 26.2. The number of para-hydroxylation sites is 1. The Morgan fingerprint density at radius 2 is 1.77 bits per heavy atom. The van der Waals surface area contributed by atoms with E-state index in [2.05, 4.69) is 15.5 Å². The monoisotopic (exact) mass is 610 g/mol. The van der Waals surface area contributed by atoms with Crippen molar-refractivity contribution in [3.63, 3.8) is 0 Å². The summed E-state index contributed by atoms with van der Waals surface area (Å²) in [5.41, 5.74) is 3.16. The van der Waals surface area contributed by atoms with E-state index in [0.29, 0.717) is 23.2 Å². The molecule has 1 aliphatic heterocycles. The predicted molar refractivity (Wildman–Crippen MR) is 162 cm³/mol. The highest BCUT2D eigenvalue weighted by Crippen LogP contribution is 2.34. The second-order valence-electron chi connectivity index (χ2n) is 9.80. The summed E-state index contributed by atoms with van der Waals surface area (Å²) in [6, 6.07) is 25.9. The van der Waals surface area contributed by atoms with Gasteiger partial charge in [0.05, 0.1) is 37.4 Å². The van der Waals surface area contributed by atoms with E-state index < -0.39 is 6.04 Å². The van der Waals surface area contributed by atoms with Gasteiger partial charge in [0.2, 0.25) is 0 Å². The Morgan fingerprint density at radius 3 is 2.48 bits per heavy atom. The molecule has 2 amide bonds. The number of aromatic nitrogens is 3. The molecule has 0 spiro atoms. The summed E-state index contributed by atoms with van der Waals surface area (Å²) in [5.74, 6) is 0.419. The Kier molecular flexibility index (Phi) is 8.50. The van der Waals surface area contributed by atoms with E-state index in [1.54, 1.807) is 35.9 Å². The number of ether oxygens (including phenoxy) is 1. The quantitative estimate of drug-likeness (QED) is 0.210. The average Bonchev–Trinajstić information content (AvgIpc) is 3.84. The van der Waals surface area contributed by atoms with Crippen LogP contribution in [-0.4, -0.2) is 50.2 Å². The molecule has 10 nitrogen and oxygen atoms in total. The van der Waals surface area contributed by atoms with Crippen LogP contribution in [0, 0.1) is 5.82 Å². The van der Waals surface area contributed by atoms with E-state index in [0.717, 1.165) is 22.5 Å². The number of nitrogens with one attached hydrogen (secondary N) is 1. The standard InChI is InChI=1S/C32H27FN6O4S/c1-42-25-15-11-21(12-16-25)26-18-27(22-9-13-23(33)14-10-22)39(37-26)30(40)20-44-32-36-35-29(38(32)24-6-3-2-4-7-24)19-34-31(41)28-8-5-17-43-28/h2-17,27H,18-20H2,1H3,(H,34,41). The first-order valence-corrected chi connectivity index (χ1v) is 14.7. The Bertz CT molecular complexity index is 1770. The van der Waals surface area contributed by atoms with E-state index in [1.165, 1.54) is 35.2 Å². The SMILES string of the molecule is COc1ccc(C2=NN(C(=O)CSc3nnc(CNC(=O)c4ccco4)n3-c3ccccc3)C(c3ccc(F)cc3)C2)cc1. The third kappa shape index (κ3) is 6.25. The number of halogens is 1. The molecule has 5 aromatic rings.